The van der Waals surface area contributed by atoms with E-state index in [0.29, 0.717) is 6.42 Å². The second-order valence-corrected chi connectivity index (χ2v) is 4.55. The molecule has 0 saturated carbocycles. The Labute approximate surface area is 174 Å². The maximum atomic E-state index is 11.2. The van der Waals surface area contributed by atoms with Crippen molar-refractivity contribution in [1.29, 1.82) is 0 Å². The zero-order valence-electron chi connectivity index (χ0n) is 10.3. The summed E-state index contributed by atoms with van der Waals surface area (Å²) in [7, 11) is 0. The molecule has 0 spiro atoms. The van der Waals surface area contributed by atoms with Gasteiger partial charge < -0.3 is 10.2 Å². The minimum absolute atomic E-state index is 0. The number of rotatable bonds is 8. The Morgan fingerprint density at radius 2 is 1.50 bits per heavy atom. The minimum atomic E-state index is -1.62. The number of aliphatic carboxylic acids is 2. The van der Waals surface area contributed by atoms with Crippen LogP contribution in [0.15, 0.2) is 0 Å². The van der Waals surface area contributed by atoms with E-state index in [-0.39, 0.29) is 87.4 Å². The second-order valence-electron chi connectivity index (χ2n) is 4.55. The molecule has 2 N–H and O–H groups in total. The normalized spacial score (nSPS) is 10.4. The van der Waals surface area contributed by atoms with Crippen molar-refractivity contribution in [2.24, 2.45) is 11.3 Å². The molecule has 0 fully saturated rings. The molecule has 0 unspecified atom stereocenters. The molecule has 0 amide bonds. The fraction of sp³-hybridized carbons (Fsp3) is 0.833. The monoisotopic (exact) mass is 294 g/mol. The van der Waals surface area contributed by atoms with Crippen molar-refractivity contribution in [3.8, 4) is 0 Å². The van der Waals surface area contributed by atoms with Crippen LogP contribution in [0.3, 0.4) is 0 Å². The molecule has 0 bridgehead atoms. The van der Waals surface area contributed by atoms with Crippen molar-refractivity contribution in [3.05, 3.63) is 0 Å². The number of hydrogen-bond donors (Lipinski definition) is 2. The Bertz CT molecular complexity index is 242. The molecule has 0 saturated heterocycles. The van der Waals surface area contributed by atoms with Gasteiger partial charge in [-0.25, -0.2) is 0 Å². The van der Waals surface area contributed by atoms with E-state index in [0.717, 1.165) is 19.3 Å². The van der Waals surface area contributed by atoms with Crippen LogP contribution in [0, 0.1) is 11.3 Å². The van der Waals surface area contributed by atoms with Crippen LogP contribution in [0.5, 0.6) is 0 Å². The van der Waals surface area contributed by atoms with E-state index in [9.17, 15) is 9.59 Å². The van der Waals surface area contributed by atoms with Crippen LogP contribution >= 0.6 is 0 Å². The number of carbonyl (C=O) groups is 2. The van der Waals surface area contributed by atoms with Gasteiger partial charge in [-0.1, -0.05) is 46.5 Å². The summed E-state index contributed by atoms with van der Waals surface area (Å²) in [6, 6.07) is 0. The fourth-order valence-corrected chi connectivity index (χ4v) is 1.92. The Morgan fingerprint density at radius 3 is 1.78 bits per heavy atom. The van der Waals surface area contributed by atoms with Crippen molar-refractivity contribution in [1.82, 2.24) is 0 Å². The summed E-state index contributed by atoms with van der Waals surface area (Å²) in [4.78, 5) is 22.4. The summed E-state index contributed by atoms with van der Waals surface area (Å²) in [6.07, 6.45) is 3.84. The molecule has 0 radical (unpaired) electrons. The molecule has 0 aliphatic carbocycles. The van der Waals surface area contributed by atoms with Crippen LogP contribution < -0.4 is 0 Å². The molecule has 0 aliphatic heterocycles. The van der Waals surface area contributed by atoms with Gasteiger partial charge in [0.15, 0.2) is 5.41 Å². The van der Waals surface area contributed by atoms with Gasteiger partial charge in [0.2, 0.25) is 0 Å². The third-order valence-corrected chi connectivity index (χ3v) is 3.17. The Balaban J connectivity index is -0.00000112. The van der Waals surface area contributed by atoms with Crippen LogP contribution in [0.1, 0.15) is 52.9 Å². The number of carboxylic acid groups (broad SMARTS) is 2. The second kappa shape index (κ2) is 12.3. The molecule has 0 aromatic carbocycles. The quantitative estimate of drug-likeness (QED) is 0.404. The fourth-order valence-electron chi connectivity index (χ4n) is 1.92. The zero-order valence-corrected chi connectivity index (χ0v) is 10.3. The number of unbranched alkanes of at least 4 members (excludes halogenated alkanes) is 3. The standard InChI is InChI=1S/C12H22O4.K.Na.2H/c1-4-5-6-7-8-12(9(2)3,10(13)14)11(15)16;;;;/h9H,4-8H2,1-3H3,(H,13,14)(H,15,16);;;;. The van der Waals surface area contributed by atoms with Crippen LogP contribution in [0.2, 0.25) is 0 Å². The van der Waals surface area contributed by atoms with Gasteiger partial charge in [-0.05, 0) is 12.3 Å². The van der Waals surface area contributed by atoms with Crippen LogP contribution in [-0.4, -0.2) is 103 Å². The first-order valence-electron chi connectivity index (χ1n) is 5.86. The van der Waals surface area contributed by atoms with E-state index in [4.69, 9.17) is 10.2 Å². The average molecular weight is 294 g/mol. The molecular formula is C12H24KNaO4. The van der Waals surface area contributed by atoms with E-state index in [2.05, 4.69) is 6.92 Å². The van der Waals surface area contributed by atoms with Crippen molar-refractivity contribution < 1.29 is 19.8 Å². The van der Waals surface area contributed by atoms with Crippen LogP contribution in [0.25, 0.3) is 0 Å². The third-order valence-electron chi connectivity index (χ3n) is 3.17. The molecule has 6 heteroatoms. The van der Waals surface area contributed by atoms with E-state index >= 15 is 0 Å². The zero-order chi connectivity index (χ0) is 12.8. The van der Waals surface area contributed by atoms with Gasteiger partial charge in [0.25, 0.3) is 0 Å². The van der Waals surface area contributed by atoms with Crippen molar-refractivity contribution in [3.63, 3.8) is 0 Å². The molecule has 18 heavy (non-hydrogen) atoms. The SMILES string of the molecule is CCCCCCC(C(=O)O)(C(=O)O)C(C)C.[KH].[NaH]. The van der Waals surface area contributed by atoms with Gasteiger partial charge >= 0.3 is 92.9 Å². The number of carboxylic acids is 2. The first kappa shape index (κ1) is 24.6. The summed E-state index contributed by atoms with van der Waals surface area (Å²) in [6.45, 7) is 5.37. The van der Waals surface area contributed by atoms with E-state index in [1.807, 2.05) is 0 Å². The van der Waals surface area contributed by atoms with Gasteiger partial charge in [-0.3, -0.25) is 9.59 Å². The first-order valence-corrected chi connectivity index (χ1v) is 5.86. The molecule has 4 nitrogen and oxygen atoms in total. The molecule has 0 aromatic rings. The van der Waals surface area contributed by atoms with Gasteiger partial charge in [-0.2, -0.15) is 0 Å². The summed E-state index contributed by atoms with van der Waals surface area (Å²) in [5.41, 5.74) is -1.62. The Kier molecular flexibility index (Phi) is 16.8. The maximum absolute atomic E-state index is 11.2. The predicted molar refractivity (Wildman–Crippen MR) is 75.6 cm³/mol. The number of hydrogen-bond acceptors (Lipinski definition) is 2. The summed E-state index contributed by atoms with van der Waals surface area (Å²) >= 11 is 0. The average Bonchev–Trinajstić information content (AvgIpc) is 2.16. The van der Waals surface area contributed by atoms with E-state index in [1.165, 1.54) is 0 Å². The van der Waals surface area contributed by atoms with E-state index in [1.54, 1.807) is 13.8 Å². The summed E-state index contributed by atoms with van der Waals surface area (Å²) in [5.74, 6) is -2.83. The van der Waals surface area contributed by atoms with Gasteiger partial charge in [0, 0.05) is 0 Å². The molecule has 0 rings (SSSR count). The molecular weight excluding hydrogens is 270 g/mol. The van der Waals surface area contributed by atoms with Crippen molar-refractivity contribution >= 4 is 92.9 Å². The summed E-state index contributed by atoms with van der Waals surface area (Å²) in [5, 5.41) is 18.3. The molecule has 98 valence electrons. The topological polar surface area (TPSA) is 74.6 Å². The third kappa shape index (κ3) is 6.84. The van der Waals surface area contributed by atoms with Gasteiger partial charge in [-0.15, -0.1) is 0 Å². The van der Waals surface area contributed by atoms with Crippen LogP contribution in [0.4, 0.5) is 0 Å². The Morgan fingerprint density at radius 1 is 1.06 bits per heavy atom. The van der Waals surface area contributed by atoms with Gasteiger partial charge in [0.05, 0.1) is 0 Å². The summed E-state index contributed by atoms with van der Waals surface area (Å²) < 4.78 is 0. The molecule has 0 atom stereocenters. The van der Waals surface area contributed by atoms with Crippen molar-refractivity contribution in [2.75, 3.05) is 0 Å². The molecule has 0 heterocycles. The first-order chi connectivity index (χ1) is 7.39. The molecule has 0 aromatic heterocycles. The predicted octanol–water partition coefficient (Wildman–Crippen LogP) is 1.47. The van der Waals surface area contributed by atoms with Crippen LogP contribution in [-0.2, 0) is 9.59 Å². The Hall–Kier alpha value is 1.58. The van der Waals surface area contributed by atoms with Crippen molar-refractivity contribution in [2.45, 2.75) is 52.9 Å². The van der Waals surface area contributed by atoms with E-state index < -0.39 is 23.3 Å². The van der Waals surface area contributed by atoms with Gasteiger partial charge in [0.1, 0.15) is 0 Å². The molecule has 0 aliphatic rings.